The zero-order valence-electron chi connectivity index (χ0n) is 12.0. The van der Waals surface area contributed by atoms with Gasteiger partial charge in [-0.05, 0) is 30.5 Å². The van der Waals surface area contributed by atoms with Crippen LogP contribution in [0.25, 0.3) is 0 Å². The number of hydrogen-bond donors (Lipinski definition) is 0. The lowest BCUT2D eigenvalue weighted by Gasteiger charge is -2.28. The summed E-state index contributed by atoms with van der Waals surface area (Å²) in [5, 5.41) is 0. The maximum Gasteiger partial charge on any atom is 0.107 e. The fraction of sp³-hybridized carbons (Fsp3) is 0.333. The molecule has 0 aromatic heterocycles. The summed E-state index contributed by atoms with van der Waals surface area (Å²) < 4.78 is 11.9. The quantitative estimate of drug-likeness (QED) is 0.810. The normalized spacial score (nSPS) is 22.1. The van der Waals surface area contributed by atoms with E-state index in [0.29, 0.717) is 13.2 Å². The van der Waals surface area contributed by atoms with Crippen LogP contribution in [-0.2, 0) is 16.1 Å². The molecule has 1 unspecified atom stereocenters. The molecule has 1 saturated heterocycles. The number of thioether (sulfide) groups is 1. The first kappa shape index (κ1) is 14.6. The minimum atomic E-state index is 0.220. The average molecular weight is 300 g/mol. The van der Waals surface area contributed by atoms with Gasteiger partial charge in [-0.2, -0.15) is 0 Å². The molecule has 0 bridgehead atoms. The summed E-state index contributed by atoms with van der Waals surface area (Å²) in [6.07, 6.45) is 2.33. The van der Waals surface area contributed by atoms with Crippen LogP contribution in [0, 0.1) is 0 Å². The van der Waals surface area contributed by atoms with Crippen molar-refractivity contribution in [2.45, 2.75) is 35.9 Å². The number of ether oxygens (including phenoxy) is 2. The van der Waals surface area contributed by atoms with Crippen molar-refractivity contribution >= 4 is 11.8 Å². The van der Waals surface area contributed by atoms with Crippen LogP contribution in [0.3, 0.4) is 0 Å². The van der Waals surface area contributed by atoms with Crippen molar-refractivity contribution < 1.29 is 9.47 Å². The lowest BCUT2D eigenvalue weighted by molar-refractivity contribution is -0.0662. The molecule has 110 valence electrons. The molecule has 0 radical (unpaired) electrons. The minimum absolute atomic E-state index is 0.220. The predicted molar refractivity (Wildman–Crippen MR) is 86.3 cm³/mol. The Kier molecular flexibility index (Phi) is 5.33. The Morgan fingerprint density at radius 3 is 2.33 bits per heavy atom. The van der Waals surface area contributed by atoms with E-state index < -0.39 is 0 Å². The van der Waals surface area contributed by atoms with Crippen LogP contribution >= 0.6 is 11.8 Å². The Morgan fingerprint density at radius 2 is 1.67 bits per heavy atom. The third kappa shape index (κ3) is 4.60. The van der Waals surface area contributed by atoms with Crippen LogP contribution in [0.2, 0.25) is 0 Å². The molecule has 2 aromatic rings. The highest BCUT2D eigenvalue weighted by Gasteiger charge is 2.22. The van der Waals surface area contributed by atoms with Gasteiger partial charge in [0, 0.05) is 4.90 Å². The minimum Gasteiger partial charge on any atom is -0.371 e. The highest BCUT2D eigenvalue weighted by atomic mass is 32.2. The molecule has 21 heavy (non-hydrogen) atoms. The summed E-state index contributed by atoms with van der Waals surface area (Å²) in [5.41, 5.74) is 1.47. The van der Waals surface area contributed by atoms with Crippen molar-refractivity contribution in [3.63, 3.8) is 0 Å². The van der Waals surface area contributed by atoms with Gasteiger partial charge in [-0.25, -0.2) is 0 Å². The SMILES string of the molecule is c1ccc(CO[C@@H]2CCC(Sc3ccccc3)OC2)cc1. The molecule has 2 atom stereocenters. The first-order valence-electron chi connectivity index (χ1n) is 7.39. The van der Waals surface area contributed by atoms with Crippen molar-refractivity contribution in [3.05, 3.63) is 66.2 Å². The first-order valence-corrected chi connectivity index (χ1v) is 8.27. The Labute approximate surface area is 130 Å². The summed E-state index contributed by atoms with van der Waals surface area (Å²) in [7, 11) is 0. The van der Waals surface area contributed by atoms with Gasteiger partial charge in [0.15, 0.2) is 0 Å². The van der Waals surface area contributed by atoms with Gasteiger partial charge in [-0.1, -0.05) is 60.3 Å². The monoisotopic (exact) mass is 300 g/mol. The van der Waals surface area contributed by atoms with Gasteiger partial charge in [0.1, 0.15) is 5.44 Å². The van der Waals surface area contributed by atoms with E-state index in [-0.39, 0.29) is 11.5 Å². The first-order chi connectivity index (χ1) is 10.4. The van der Waals surface area contributed by atoms with E-state index in [2.05, 4.69) is 36.4 Å². The largest absolute Gasteiger partial charge is 0.371 e. The fourth-order valence-electron chi connectivity index (χ4n) is 2.37. The Bertz CT molecular complexity index is 521. The molecular formula is C18H20O2S. The highest BCUT2D eigenvalue weighted by molar-refractivity contribution is 7.99. The lowest BCUT2D eigenvalue weighted by atomic mass is 10.1. The summed E-state index contributed by atoms with van der Waals surface area (Å²) in [4.78, 5) is 1.27. The van der Waals surface area contributed by atoms with E-state index in [9.17, 15) is 0 Å². The second-order valence-electron chi connectivity index (χ2n) is 5.19. The van der Waals surface area contributed by atoms with E-state index in [0.717, 1.165) is 12.8 Å². The van der Waals surface area contributed by atoms with E-state index in [4.69, 9.17) is 9.47 Å². The fourth-order valence-corrected chi connectivity index (χ4v) is 3.39. The van der Waals surface area contributed by atoms with Gasteiger partial charge in [0.2, 0.25) is 0 Å². The molecule has 3 heteroatoms. The third-order valence-electron chi connectivity index (χ3n) is 3.53. The summed E-state index contributed by atoms with van der Waals surface area (Å²) in [6.45, 7) is 1.36. The molecule has 0 amide bonds. The summed E-state index contributed by atoms with van der Waals surface area (Å²) >= 11 is 1.80. The summed E-state index contributed by atoms with van der Waals surface area (Å²) in [6, 6.07) is 20.7. The Hall–Kier alpha value is -1.29. The third-order valence-corrected chi connectivity index (χ3v) is 4.71. The zero-order valence-corrected chi connectivity index (χ0v) is 12.8. The molecule has 1 aliphatic heterocycles. The van der Waals surface area contributed by atoms with Gasteiger partial charge in [-0.3, -0.25) is 0 Å². The molecule has 1 aliphatic rings. The molecule has 2 nitrogen and oxygen atoms in total. The molecule has 1 fully saturated rings. The van der Waals surface area contributed by atoms with Crippen LogP contribution in [0.15, 0.2) is 65.6 Å². The van der Waals surface area contributed by atoms with Crippen LogP contribution in [0.5, 0.6) is 0 Å². The van der Waals surface area contributed by atoms with Gasteiger partial charge in [0.05, 0.1) is 19.3 Å². The number of benzene rings is 2. The maximum absolute atomic E-state index is 5.93. The molecule has 0 aliphatic carbocycles. The molecule has 2 aromatic carbocycles. The molecule has 0 spiro atoms. The summed E-state index contributed by atoms with van der Waals surface area (Å²) in [5.74, 6) is 0. The van der Waals surface area contributed by atoms with E-state index in [1.807, 2.05) is 24.3 Å². The van der Waals surface area contributed by atoms with Crippen LogP contribution in [0.1, 0.15) is 18.4 Å². The lowest BCUT2D eigenvalue weighted by Crippen LogP contribution is -2.29. The molecule has 3 rings (SSSR count). The van der Waals surface area contributed by atoms with Crippen LogP contribution in [-0.4, -0.2) is 18.1 Å². The molecule has 0 N–H and O–H groups in total. The van der Waals surface area contributed by atoms with Crippen LogP contribution < -0.4 is 0 Å². The van der Waals surface area contributed by atoms with Crippen molar-refractivity contribution in [1.29, 1.82) is 0 Å². The van der Waals surface area contributed by atoms with Crippen LogP contribution in [0.4, 0.5) is 0 Å². The van der Waals surface area contributed by atoms with E-state index in [1.165, 1.54) is 10.5 Å². The predicted octanol–water partition coefficient (Wildman–Crippen LogP) is 4.50. The Morgan fingerprint density at radius 1 is 0.952 bits per heavy atom. The molecule has 0 saturated carbocycles. The number of hydrogen-bond acceptors (Lipinski definition) is 3. The Balaban J connectivity index is 1.41. The van der Waals surface area contributed by atoms with Gasteiger partial charge in [-0.15, -0.1) is 0 Å². The van der Waals surface area contributed by atoms with E-state index >= 15 is 0 Å². The van der Waals surface area contributed by atoms with Gasteiger partial charge in [0.25, 0.3) is 0 Å². The van der Waals surface area contributed by atoms with E-state index in [1.54, 1.807) is 11.8 Å². The smallest absolute Gasteiger partial charge is 0.107 e. The van der Waals surface area contributed by atoms with Gasteiger partial charge < -0.3 is 9.47 Å². The van der Waals surface area contributed by atoms with Crippen molar-refractivity contribution in [2.75, 3.05) is 6.61 Å². The maximum atomic E-state index is 5.93. The second-order valence-corrected chi connectivity index (χ2v) is 6.42. The topological polar surface area (TPSA) is 18.5 Å². The second kappa shape index (κ2) is 7.64. The van der Waals surface area contributed by atoms with Crippen molar-refractivity contribution in [2.24, 2.45) is 0 Å². The number of rotatable bonds is 5. The molecule has 1 heterocycles. The zero-order chi connectivity index (χ0) is 14.3. The molecular weight excluding hydrogens is 280 g/mol. The van der Waals surface area contributed by atoms with Crippen molar-refractivity contribution in [1.82, 2.24) is 0 Å². The van der Waals surface area contributed by atoms with Gasteiger partial charge >= 0.3 is 0 Å². The highest BCUT2D eigenvalue weighted by Crippen LogP contribution is 2.30. The standard InChI is InChI=1S/C18H20O2S/c1-3-7-15(8-4-1)13-19-16-11-12-18(20-14-16)21-17-9-5-2-6-10-17/h1-10,16,18H,11-14H2/t16-,18?/m1/s1. The average Bonchev–Trinajstić information content (AvgIpc) is 2.56. The van der Waals surface area contributed by atoms with Crippen molar-refractivity contribution in [3.8, 4) is 0 Å².